The Morgan fingerprint density at radius 3 is 2.31 bits per heavy atom. The van der Waals surface area contributed by atoms with E-state index in [-0.39, 0.29) is 5.91 Å². The van der Waals surface area contributed by atoms with Crippen molar-refractivity contribution in [3.05, 3.63) is 12.3 Å². The highest BCUT2D eigenvalue weighted by Gasteiger charge is 2.06. The molecule has 0 radical (unpaired) electrons. The molecule has 0 fully saturated rings. The number of hydrogen-bond donors (Lipinski definition) is 1. The van der Waals surface area contributed by atoms with Crippen LogP contribution in [-0.4, -0.2) is 23.3 Å². The summed E-state index contributed by atoms with van der Waals surface area (Å²) in [6.45, 7) is 6.04. The zero-order valence-electron chi connectivity index (χ0n) is 8.28. The first-order valence-corrected chi connectivity index (χ1v) is 4.18. The SMILES string of the molecule is CC(=O)N(/C=C\C(N)=O)CC(C)C. The van der Waals surface area contributed by atoms with Crippen LogP contribution in [0.2, 0.25) is 0 Å². The first kappa shape index (κ1) is 11.7. The number of carbonyl (C=O) groups excluding carboxylic acids is 2. The lowest BCUT2D eigenvalue weighted by Crippen LogP contribution is -2.27. The van der Waals surface area contributed by atoms with Gasteiger partial charge in [-0.05, 0) is 5.92 Å². The van der Waals surface area contributed by atoms with Crippen molar-refractivity contribution in [1.29, 1.82) is 0 Å². The lowest BCUT2D eigenvalue weighted by molar-refractivity contribution is -0.126. The Morgan fingerprint density at radius 1 is 1.46 bits per heavy atom. The molecule has 0 aromatic rings. The van der Waals surface area contributed by atoms with E-state index in [1.807, 2.05) is 13.8 Å². The van der Waals surface area contributed by atoms with Gasteiger partial charge in [-0.25, -0.2) is 0 Å². The summed E-state index contributed by atoms with van der Waals surface area (Å²) in [6.07, 6.45) is 2.61. The zero-order chi connectivity index (χ0) is 10.4. The summed E-state index contributed by atoms with van der Waals surface area (Å²) in [5.74, 6) is -0.275. The van der Waals surface area contributed by atoms with Crippen molar-refractivity contribution in [2.45, 2.75) is 20.8 Å². The molecule has 0 atom stereocenters. The van der Waals surface area contributed by atoms with Crippen molar-refractivity contribution in [2.75, 3.05) is 6.54 Å². The Bertz CT molecular complexity index is 222. The topological polar surface area (TPSA) is 63.4 Å². The number of amides is 2. The molecule has 4 heteroatoms. The van der Waals surface area contributed by atoms with Gasteiger partial charge in [-0.2, -0.15) is 0 Å². The Hall–Kier alpha value is -1.32. The van der Waals surface area contributed by atoms with E-state index in [9.17, 15) is 9.59 Å². The maximum atomic E-state index is 11.0. The minimum absolute atomic E-state index is 0.0915. The Morgan fingerprint density at radius 2 is 2.00 bits per heavy atom. The third-order valence-corrected chi connectivity index (χ3v) is 1.39. The maximum Gasteiger partial charge on any atom is 0.242 e. The minimum Gasteiger partial charge on any atom is -0.366 e. The van der Waals surface area contributed by atoms with Crippen molar-refractivity contribution < 1.29 is 9.59 Å². The molecular weight excluding hydrogens is 168 g/mol. The predicted molar refractivity (Wildman–Crippen MR) is 50.6 cm³/mol. The Balaban J connectivity index is 4.26. The monoisotopic (exact) mass is 184 g/mol. The van der Waals surface area contributed by atoms with Gasteiger partial charge in [-0.3, -0.25) is 9.59 Å². The van der Waals surface area contributed by atoms with E-state index in [1.165, 1.54) is 24.1 Å². The molecule has 4 nitrogen and oxygen atoms in total. The summed E-state index contributed by atoms with van der Waals surface area (Å²) in [5, 5.41) is 0. The number of nitrogens with zero attached hydrogens (tertiary/aromatic N) is 1. The smallest absolute Gasteiger partial charge is 0.242 e. The molecule has 0 aliphatic carbocycles. The Labute approximate surface area is 78.4 Å². The van der Waals surface area contributed by atoms with E-state index in [2.05, 4.69) is 0 Å². The number of rotatable bonds is 4. The second kappa shape index (κ2) is 5.35. The fourth-order valence-corrected chi connectivity index (χ4v) is 0.851. The van der Waals surface area contributed by atoms with Crippen LogP contribution in [0.5, 0.6) is 0 Å². The lowest BCUT2D eigenvalue weighted by atomic mass is 10.2. The molecule has 2 amide bonds. The molecule has 0 saturated heterocycles. The summed E-state index contributed by atoms with van der Waals surface area (Å²) < 4.78 is 0. The van der Waals surface area contributed by atoms with E-state index in [0.29, 0.717) is 12.5 Å². The second-order valence-electron chi connectivity index (χ2n) is 3.28. The van der Waals surface area contributed by atoms with E-state index in [0.717, 1.165) is 0 Å². The van der Waals surface area contributed by atoms with Gasteiger partial charge >= 0.3 is 0 Å². The standard InChI is InChI=1S/C9H16N2O2/c1-7(2)6-11(8(3)12)5-4-9(10)13/h4-5,7H,6H2,1-3H3,(H2,10,13)/b5-4-. The van der Waals surface area contributed by atoms with Crippen LogP contribution in [0.3, 0.4) is 0 Å². The Kier molecular flexibility index (Phi) is 4.80. The molecule has 0 spiro atoms. The van der Waals surface area contributed by atoms with E-state index in [1.54, 1.807) is 0 Å². The van der Waals surface area contributed by atoms with Gasteiger partial charge in [0, 0.05) is 25.7 Å². The van der Waals surface area contributed by atoms with Crippen molar-refractivity contribution in [3.63, 3.8) is 0 Å². The average Bonchev–Trinajstić information content (AvgIpc) is 1.96. The summed E-state index contributed by atoms with van der Waals surface area (Å²) in [7, 11) is 0. The minimum atomic E-state index is -0.546. The fourth-order valence-electron chi connectivity index (χ4n) is 0.851. The van der Waals surface area contributed by atoms with E-state index >= 15 is 0 Å². The molecule has 74 valence electrons. The highest BCUT2D eigenvalue weighted by atomic mass is 16.2. The average molecular weight is 184 g/mol. The first-order chi connectivity index (χ1) is 5.93. The van der Waals surface area contributed by atoms with Gasteiger partial charge in [0.1, 0.15) is 0 Å². The van der Waals surface area contributed by atoms with Crippen molar-refractivity contribution in [1.82, 2.24) is 4.90 Å². The molecule has 0 rings (SSSR count). The molecule has 0 aliphatic rings. The molecule has 0 aliphatic heterocycles. The number of carbonyl (C=O) groups is 2. The molecule has 2 N–H and O–H groups in total. The van der Waals surface area contributed by atoms with Crippen LogP contribution in [0.4, 0.5) is 0 Å². The van der Waals surface area contributed by atoms with Gasteiger partial charge in [0.2, 0.25) is 11.8 Å². The van der Waals surface area contributed by atoms with Gasteiger partial charge in [-0.15, -0.1) is 0 Å². The van der Waals surface area contributed by atoms with Crippen LogP contribution < -0.4 is 5.73 Å². The fraction of sp³-hybridized carbons (Fsp3) is 0.556. The molecule has 0 unspecified atom stereocenters. The first-order valence-electron chi connectivity index (χ1n) is 4.18. The highest BCUT2D eigenvalue weighted by molar-refractivity contribution is 5.86. The number of hydrogen-bond acceptors (Lipinski definition) is 2. The molecule has 0 bridgehead atoms. The van der Waals surface area contributed by atoms with Crippen LogP contribution >= 0.6 is 0 Å². The normalized spacial score (nSPS) is 10.8. The summed E-state index contributed by atoms with van der Waals surface area (Å²) in [5.41, 5.74) is 4.91. The third-order valence-electron chi connectivity index (χ3n) is 1.39. The second-order valence-corrected chi connectivity index (χ2v) is 3.28. The maximum absolute atomic E-state index is 11.0. The van der Waals surface area contributed by atoms with Crippen LogP contribution in [-0.2, 0) is 9.59 Å². The van der Waals surface area contributed by atoms with Gasteiger partial charge < -0.3 is 10.6 Å². The molecule has 0 heterocycles. The highest BCUT2D eigenvalue weighted by Crippen LogP contribution is 1.99. The van der Waals surface area contributed by atoms with Gasteiger partial charge in [0.05, 0.1) is 0 Å². The van der Waals surface area contributed by atoms with E-state index < -0.39 is 5.91 Å². The van der Waals surface area contributed by atoms with Gasteiger partial charge in [0.25, 0.3) is 0 Å². The van der Waals surface area contributed by atoms with Crippen molar-refractivity contribution in [3.8, 4) is 0 Å². The third kappa shape index (κ3) is 5.90. The molecular formula is C9H16N2O2. The van der Waals surface area contributed by atoms with Gasteiger partial charge in [-0.1, -0.05) is 13.8 Å². The van der Waals surface area contributed by atoms with Crippen LogP contribution in [0.1, 0.15) is 20.8 Å². The van der Waals surface area contributed by atoms with Gasteiger partial charge in [0.15, 0.2) is 0 Å². The zero-order valence-corrected chi connectivity index (χ0v) is 8.28. The van der Waals surface area contributed by atoms with Crippen molar-refractivity contribution in [2.24, 2.45) is 11.7 Å². The van der Waals surface area contributed by atoms with Crippen LogP contribution in [0.15, 0.2) is 12.3 Å². The van der Waals surface area contributed by atoms with Crippen molar-refractivity contribution >= 4 is 11.8 Å². The molecule has 13 heavy (non-hydrogen) atoms. The predicted octanol–water partition coefficient (Wildman–Crippen LogP) is 0.490. The summed E-state index contributed by atoms with van der Waals surface area (Å²) in [4.78, 5) is 22.9. The number of primary amides is 1. The lowest BCUT2D eigenvalue weighted by Gasteiger charge is -2.18. The summed E-state index contributed by atoms with van der Waals surface area (Å²) in [6, 6.07) is 0. The van der Waals surface area contributed by atoms with Crippen LogP contribution in [0.25, 0.3) is 0 Å². The molecule has 0 saturated carbocycles. The van der Waals surface area contributed by atoms with Crippen LogP contribution in [0, 0.1) is 5.92 Å². The molecule has 0 aromatic carbocycles. The number of nitrogens with two attached hydrogens (primary N) is 1. The molecule has 0 aromatic heterocycles. The quantitative estimate of drug-likeness (QED) is 0.646. The largest absolute Gasteiger partial charge is 0.366 e. The van der Waals surface area contributed by atoms with E-state index in [4.69, 9.17) is 5.73 Å². The summed E-state index contributed by atoms with van der Waals surface area (Å²) >= 11 is 0.